The quantitative estimate of drug-likeness (QED) is 0.598. The Hall–Kier alpha value is 0.450. The molecule has 0 N–H and O–H groups in total. The first-order chi connectivity index (χ1) is 3.62. The van der Waals surface area contributed by atoms with Crippen molar-refractivity contribution in [1.82, 2.24) is 0 Å². The van der Waals surface area contributed by atoms with Crippen molar-refractivity contribution in [3.8, 4) is 0 Å². The fraction of sp³-hybridized carbons (Fsp3) is 1.00. The van der Waals surface area contributed by atoms with Gasteiger partial charge in [-0.1, -0.05) is 11.6 Å². The predicted octanol–water partition coefficient (Wildman–Crippen LogP) is 0.615. The number of hydrogen-bond donors (Lipinski definition) is 0. The van der Waals surface area contributed by atoms with Gasteiger partial charge in [-0.05, 0) is 0 Å². The van der Waals surface area contributed by atoms with Crippen molar-refractivity contribution in [2.75, 3.05) is 6.07 Å². The van der Waals surface area contributed by atoms with Crippen LogP contribution in [0.1, 0.15) is 0 Å². The summed E-state index contributed by atoms with van der Waals surface area (Å²) in [5.74, 6) is 0. The second kappa shape index (κ2) is 3.47. The molecule has 0 saturated carbocycles. The van der Waals surface area contributed by atoms with Crippen LogP contribution < -0.4 is 0 Å². The lowest BCUT2D eigenvalue weighted by atomic mass is 11.7. The molecule has 0 aromatic rings. The molecule has 0 heterocycles. The first-order valence-corrected chi connectivity index (χ1v) is 3.55. The molecule has 50 valence electrons. The van der Waals surface area contributed by atoms with Crippen LogP contribution in [-0.4, -0.2) is 14.5 Å². The summed E-state index contributed by atoms with van der Waals surface area (Å²) in [4.78, 5) is 0. The minimum absolute atomic E-state index is 0.505. The van der Waals surface area contributed by atoms with Gasteiger partial charge in [0.15, 0.2) is 0 Å². The van der Waals surface area contributed by atoms with Gasteiger partial charge in [-0.25, -0.2) is 4.18 Å². The third-order valence-corrected chi connectivity index (χ3v) is 1.53. The molecule has 0 aliphatic heterocycles. The zero-order valence-electron chi connectivity index (χ0n) is 3.50. The Balaban J connectivity index is 3.76. The van der Waals surface area contributed by atoms with Gasteiger partial charge >= 0.3 is 10.4 Å². The third-order valence-electron chi connectivity index (χ3n) is 0.266. The predicted molar refractivity (Wildman–Crippen MR) is 27.7 cm³/mol. The first kappa shape index (κ1) is 8.45. The average Bonchev–Trinajstić information content (AvgIpc) is 1.67. The van der Waals surface area contributed by atoms with Crippen molar-refractivity contribution < 1.29 is 16.3 Å². The third kappa shape index (κ3) is 3.45. The maximum atomic E-state index is 9.94. The highest BCUT2D eigenvalue weighted by Gasteiger charge is 2.07. The van der Waals surface area contributed by atoms with Crippen LogP contribution in [0.3, 0.4) is 0 Å². The SMILES string of the molecule is O=S(=O)(OCl)OCCl. The van der Waals surface area contributed by atoms with E-state index in [0.717, 1.165) is 0 Å². The van der Waals surface area contributed by atoms with Crippen molar-refractivity contribution in [2.45, 2.75) is 0 Å². The number of hydrogen-bond acceptors (Lipinski definition) is 4. The van der Waals surface area contributed by atoms with Crippen LogP contribution in [0.4, 0.5) is 0 Å². The van der Waals surface area contributed by atoms with E-state index in [4.69, 9.17) is 11.6 Å². The molecule has 0 rings (SSSR count). The highest BCUT2D eigenvalue weighted by molar-refractivity contribution is 7.82. The van der Waals surface area contributed by atoms with Crippen LogP contribution in [0.25, 0.3) is 0 Å². The lowest BCUT2D eigenvalue weighted by Crippen LogP contribution is -2.02. The second-order valence-electron chi connectivity index (χ2n) is 0.698. The van der Waals surface area contributed by atoms with Crippen molar-refractivity contribution in [3.05, 3.63) is 0 Å². The van der Waals surface area contributed by atoms with E-state index >= 15 is 0 Å². The molecule has 0 radical (unpaired) electrons. The maximum Gasteiger partial charge on any atom is 0.417 e. The average molecular weight is 181 g/mol. The zero-order chi connectivity index (χ0) is 6.62. The molecule has 0 aliphatic rings. The Morgan fingerprint density at radius 2 is 2.00 bits per heavy atom. The van der Waals surface area contributed by atoms with Crippen LogP contribution in [0.15, 0.2) is 0 Å². The Kier molecular flexibility index (Phi) is 3.67. The van der Waals surface area contributed by atoms with E-state index in [1.807, 2.05) is 0 Å². The molecule has 0 aromatic carbocycles. The molecule has 0 aliphatic carbocycles. The van der Waals surface area contributed by atoms with Gasteiger partial charge in [0.2, 0.25) is 0 Å². The van der Waals surface area contributed by atoms with Crippen molar-refractivity contribution in [3.63, 3.8) is 0 Å². The lowest BCUT2D eigenvalue weighted by molar-refractivity contribution is 0.323. The van der Waals surface area contributed by atoms with E-state index in [1.54, 1.807) is 0 Å². The van der Waals surface area contributed by atoms with Gasteiger partial charge in [0.25, 0.3) is 0 Å². The molecule has 0 fully saturated rings. The van der Waals surface area contributed by atoms with E-state index in [9.17, 15) is 8.42 Å². The Bertz CT molecular complexity index is 138. The Morgan fingerprint density at radius 1 is 1.50 bits per heavy atom. The Labute approximate surface area is 56.8 Å². The molecule has 0 spiro atoms. The Morgan fingerprint density at radius 3 is 2.12 bits per heavy atom. The number of rotatable bonds is 3. The molecular weight excluding hydrogens is 179 g/mol. The summed E-state index contributed by atoms with van der Waals surface area (Å²) in [7, 11) is -4.04. The molecule has 0 atom stereocenters. The van der Waals surface area contributed by atoms with Gasteiger partial charge < -0.3 is 0 Å². The van der Waals surface area contributed by atoms with Crippen molar-refractivity contribution >= 4 is 33.9 Å². The number of alkyl halides is 1. The van der Waals surface area contributed by atoms with E-state index < -0.39 is 16.5 Å². The summed E-state index contributed by atoms with van der Waals surface area (Å²) in [5.41, 5.74) is 0. The smallest absolute Gasteiger partial charge is 0.231 e. The molecule has 7 heteroatoms. The zero-order valence-corrected chi connectivity index (χ0v) is 5.83. The molecule has 8 heavy (non-hydrogen) atoms. The summed E-state index contributed by atoms with van der Waals surface area (Å²) in [6, 6.07) is -0.505. The van der Waals surface area contributed by atoms with E-state index in [2.05, 4.69) is 19.8 Å². The monoisotopic (exact) mass is 180 g/mol. The first-order valence-electron chi connectivity index (χ1n) is 1.38. The van der Waals surface area contributed by atoms with Crippen LogP contribution in [0.5, 0.6) is 0 Å². The largest absolute Gasteiger partial charge is 0.417 e. The van der Waals surface area contributed by atoms with Gasteiger partial charge in [-0.2, -0.15) is 8.42 Å². The van der Waals surface area contributed by atoms with E-state index in [0.29, 0.717) is 0 Å². The van der Waals surface area contributed by atoms with Gasteiger partial charge in [0.1, 0.15) is 6.07 Å². The van der Waals surface area contributed by atoms with Crippen molar-refractivity contribution in [2.24, 2.45) is 0 Å². The van der Waals surface area contributed by atoms with Crippen LogP contribution in [0.2, 0.25) is 0 Å². The fourth-order valence-corrected chi connectivity index (χ4v) is 0.655. The molecular formula is CH2Cl2O4S. The fourth-order valence-electron chi connectivity index (χ4n) is 0.0727. The van der Waals surface area contributed by atoms with Gasteiger partial charge in [-0.3, -0.25) is 0 Å². The normalized spacial score (nSPS) is 11.8. The summed E-state index contributed by atoms with van der Waals surface area (Å²) in [5, 5.41) is 0. The minimum Gasteiger partial charge on any atom is -0.231 e. The lowest BCUT2D eigenvalue weighted by Gasteiger charge is -1.91. The van der Waals surface area contributed by atoms with Crippen molar-refractivity contribution in [1.29, 1.82) is 0 Å². The summed E-state index contributed by atoms with van der Waals surface area (Å²) < 4.78 is 27.0. The summed E-state index contributed by atoms with van der Waals surface area (Å²) >= 11 is 9.23. The second-order valence-corrected chi connectivity index (χ2v) is 2.47. The molecule has 0 aromatic heterocycles. The summed E-state index contributed by atoms with van der Waals surface area (Å²) in [6.45, 7) is 0. The minimum atomic E-state index is -4.04. The maximum absolute atomic E-state index is 9.94. The molecule has 4 nitrogen and oxygen atoms in total. The molecule has 0 amide bonds. The van der Waals surface area contributed by atoms with E-state index in [1.165, 1.54) is 0 Å². The molecule has 0 saturated heterocycles. The van der Waals surface area contributed by atoms with Crippen LogP contribution in [-0.2, 0) is 18.3 Å². The molecule has 0 unspecified atom stereocenters. The van der Waals surface area contributed by atoms with E-state index in [-0.39, 0.29) is 0 Å². The highest BCUT2D eigenvalue weighted by Crippen LogP contribution is 1.98. The topological polar surface area (TPSA) is 52.6 Å². The van der Waals surface area contributed by atoms with Gasteiger partial charge in [0.05, 0.1) is 11.9 Å². The van der Waals surface area contributed by atoms with Gasteiger partial charge in [-0.15, -0.1) is 3.74 Å². The number of halogens is 2. The van der Waals surface area contributed by atoms with Crippen LogP contribution >= 0.6 is 23.5 Å². The van der Waals surface area contributed by atoms with Crippen LogP contribution in [0, 0.1) is 0 Å². The standard InChI is InChI=1S/CH2Cl2O4S/c2-1-6-8(4,5)7-3/h1H2. The highest BCUT2D eigenvalue weighted by atomic mass is 35.5. The molecule has 0 bridgehead atoms. The van der Waals surface area contributed by atoms with Gasteiger partial charge in [0, 0.05) is 0 Å². The summed E-state index contributed by atoms with van der Waals surface area (Å²) in [6.07, 6.45) is 0.